The Kier molecular flexibility index (Phi) is 1.66. The molecule has 0 spiro atoms. The van der Waals surface area contributed by atoms with Crippen LogP contribution in [-0.2, 0) is 0 Å². The molecule has 2 aromatic rings. The van der Waals surface area contributed by atoms with Crippen LogP contribution < -0.4 is 11.3 Å². The van der Waals surface area contributed by atoms with Gasteiger partial charge >= 0.3 is 0 Å². The summed E-state index contributed by atoms with van der Waals surface area (Å²) in [4.78, 5) is 11.0. The van der Waals surface area contributed by atoms with Crippen LogP contribution in [0.15, 0.2) is 41.3 Å². The van der Waals surface area contributed by atoms with Gasteiger partial charge in [0.15, 0.2) is 0 Å². The van der Waals surface area contributed by atoms with Gasteiger partial charge in [-0.25, -0.2) is 0 Å². The first-order valence-electron chi connectivity index (χ1n) is 3.90. The first-order valence-corrected chi connectivity index (χ1v) is 3.90. The molecule has 0 unspecified atom stereocenters. The fraction of sp³-hybridized carbons (Fsp3) is 0. The van der Waals surface area contributed by atoms with E-state index in [1.165, 1.54) is 0 Å². The molecule has 0 atom stereocenters. The van der Waals surface area contributed by atoms with E-state index in [9.17, 15) is 4.79 Å². The smallest absolute Gasteiger partial charge is 0.287 e. The average molecular weight is 175 g/mol. The zero-order valence-electron chi connectivity index (χ0n) is 6.90. The molecule has 13 heavy (non-hydrogen) atoms. The maximum absolute atomic E-state index is 11.0. The molecule has 0 aliphatic heterocycles. The summed E-state index contributed by atoms with van der Waals surface area (Å²) in [5.41, 5.74) is 6.26. The van der Waals surface area contributed by atoms with Crippen molar-refractivity contribution in [3.05, 3.63) is 46.9 Å². The molecule has 0 amide bonds. The van der Waals surface area contributed by atoms with Crippen molar-refractivity contribution in [2.75, 3.05) is 5.73 Å². The standard InChI is InChI=1S/C9H9N3O/c10-8-6-12(11-9(8)13)7-4-2-1-3-5-7/h1-6H,10H2,(H,11,13). The highest BCUT2D eigenvalue weighted by molar-refractivity contribution is 5.37. The number of aromatic nitrogens is 2. The van der Waals surface area contributed by atoms with Crippen LogP contribution in [0.2, 0.25) is 0 Å². The Labute approximate surface area is 74.6 Å². The van der Waals surface area contributed by atoms with Crippen LogP contribution in [0.3, 0.4) is 0 Å². The van der Waals surface area contributed by atoms with Crippen LogP contribution >= 0.6 is 0 Å². The van der Waals surface area contributed by atoms with Crippen LogP contribution in [0.4, 0.5) is 5.69 Å². The molecule has 0 saturated carbocycles. The van der Waals surface area contributed by atoms with Gasteiger partial charge in [-0.05, 0) is 12.1 Å². The molecule has 2 rings (SSSR count). The summed E-state index contributed by atoms with van der Waals surface area (Å²) in [5.74, 6) is 0. The Balaban J connectivity index is 2.54. The Bertz CT molecular complexity index is 455. The molecule has 1 aromatic carbocycles. The zero-order chi connectivity index (χ0) is 9.26. The lowest BCUT2D eigenvalue weighted by Crippen LogP contribution is -2.06. The third-order valence-electron chi connectivity index (χ3n) is 1.79. The Morgan fingerprint density at radius 3 is 2.46 bits per heavy atom. The van der Waals surface area contributed by atoms with E-state index < -0.39 is 0 Å². The molecular weight excluding hydrogens is 166 g/mol. The SMILES string of the molecule is Nc1cn(-c2ccccc2)[nH]c1=O. The van der Waals surface area contributed by atoms with E-state index in [0.717, 1.165) is 5.69 Å². The number of anilines is 1. The number of rotatable bonds is 1. The van der Waals surface area contributed by atoms with Crippen molar-refractivity contribution in [2.45, 2.75) is 0 Å². The zero-order valence-corrected chi connectivity index (χ0v) is 6.90. The van der Waals surface area contributed by atoms with E-state index in [-0.39, 0.29) is 11.2 Å². The molecule has 3 N–H and O–H groups in total. The predicted molar refractivity (Wildman–Crippen MR) is 50.8 cm³/mol. The number of nitrogens with one attached hydrogen (secondary N) is 1. The monoisotopic (exact) mass is 175 g/mol. The third kappa shape index (κ3) is 1.33. The van der Waals surface area contributed by atoms with Gasteiger partial charge in [-0.3, -0.25) is 14.6 Å². The van der Waals surface area contributed by atoms with E-state index in [2.05, 4.69) is 5.10 Å². The van der Waals surface area contributed by atoms with Gasteiger partial charge in [-0.2, -0.15) is 0 Å². The van der Waals surface area contributed by atoms with E-state index in [0.29, 0.717) is 0 Å². The Hall–Kier alpha value is -1.97. The van der Waals surface area contributed by atoms with Crippen molar-refractivity contribution in [2.24, 2.45) is 0 Å². The van der Waals surface area contributed by atoms with E-state index >= 15 is 0 Å². The molecule has 0 bridgehead atoms. The summed E-state index contributed by atoms with van der Waals surface area (Å²) in [7, 11) is 0. The lowest BCUT2D eigenvalue weighted by molar-refractivity contribution is 0.864. The fourth-order valence-corrected chi connectivity index (χ4v) is 1.13. The fourth-order valence-electron chi connectivity index (χ4n) is 1.13. The molecule has 0 aliphatic rings. The topological polar surface area (TPSA) is 63.8 Å². The van der Waals surface area contributed by atoms with Crippen LogP contribution in [0.5, 0.6) is 0 Å². The molecule has 66 valence electrons. The quantitative estimate of drug-likeness (QED) is 0.671. The van der Waals surface area contributed by atoms with Crippen LogP contribution in [0, 0.1) is 0 Å². The van der Waals surface area contributed by atoms with Gasteiger partial charge in [0.1, 0.15) is 5.69 Å². The van der Waals surface area contributed by atoms with Gasteiger partial charge in [-0.15, -0.1) is 0 Å². The average Bonchev–Trinajstić information content (AvgIpc) is 2.49. The summed E-state index contributed by atoms with van der Waals surface area (Å²) in [6.07, 6.45) is 1.57. The van der Waals surface area contributed by atoms with Gasteiger partial charge < -0.3 is 5.73 Å². The minimum Gasteiger partial charge on any atom is -0.393 e. The summed E-state index contributed by atoms with van der Waals surface area (Å²) in [6.45, 7) is 0. The number of nitrogens with zero attached hydrogens (tertiary/aromatic N) is 1. The van der Waals surface area contributed by atoms with E-state index in [4.69, 9.17) is 5.73 Å². The number of para-hydroxylation sites is 1. The van der Waals surface area contributed by atoms with Gasteiger partial charge in [0.2, 0.25) is 0 Å². The highest BCUT2D eigenvalue weighted by atomic mass is 16.1. The molecule has 0 aliphatic carbocycles. The second-order valence-electron chi connectivity index (χ2n) is 2.73. The van der Waals surface area contributed by atoms with Crippen molar-refractivity contribution >= 4 is 5.69 Å². The lowest BCUT2D eigenvalue weighted by atomic mass is 10.3. The third-order valence-corrected chi connectivity index (χ3v) is 1.79. The molecule has 4 heteroatoms. The van der Waals surface area contributed by atoms with Gasteiger partial charge in [0, 0.05) is 0 Å². The van der Waals surface area contributed by atoms with Crippen LogP contribution in [-0.4, -0.2) is 9.78 Å². The van der Waals surface area contributed by atoms with Crippen molar-refractivity contribution in [1.82, 2.24) is 9.78 Å². The predicted octanol–water partition coefficient (Wildman–Crippen LogP) is 0.748. The van der Waals surface area contributed by atoms with Gasteiger partial charge in [0.05, 0.1) is 11.9 Å². The molecule has 1 aromatic heterocycles. The first kappa shape index (κ1) is 7.67. The second-order valence-corrected chi connectivity index (χ2v) is 2.73. The highest BCUT2D eigenvalue weighted by Gasteiger charge is 1.99. The molecule has 0 fully saturated rings. The Morgan fingerprint density at radius 1 is 1.23 bits per heavy atom. The number of nitrogens with two attached hydrogens (primary N) is 1. The van der Waals surface area contributed by atoms with Gasteiger partial charge in [-0.1, -0.05) is 18.2 Å². The summed E-state index contributed by atoms with van der Waals surface area (Å²) >= 11 is 0. The maximum atomic E-state index is 11.0. The van der Waals surface area contributed by atoms with Crippen molar-refractivity contribution in [3.63, 3.8) is 0 Å². The van der Waals surface area contributed by atoms with E-state index in [1.807, 2.05) is 30.3 Å². The van der Waals surface area contributed by atoms with Crippen molar-refractivity contribution in [1.29, 1.82) is 0 Å². The molecular formula is C9H9N3O. The number of H-pyrrole nitrogens is 1. The van der Waals surface area contributed by atoms with Crippen molar-refractivity contribution < 1.29 is 0 Å². The highest BCUT2D eigenvalue weighted by Crippen LogP contribution is 2.04. The number of hydrogen-bond donors (Lipinski definition) is 2. The lowest BCUT2D eigenvalue weighted by Gasteiger charge is -1.99. The maximum Gasteiger partial charge on any atom is 0.287 e. The minimum atomic E-state index is -0.260. The minimum absolute atomic E-state index is 0.226. The number of aromatic amines is 1. The summed E-state index contributed by atoms with van der Waals surface area (Å²) in [5, 5.41) is 2.60. The summed E-state index contributed by atoms with van der Waals surface area (Å²) in [6, 6.07) is 9.47. The van der Waals surface area contributed by atoms with Crippen LogP contribution in [0.25, 0.3) is 5.69 Å². The second kappa shape index (κ2) is 2.82. The van der Waals surface area contributed by atoms with Crippen LogP contribution in [0.1, 0.15) is 0 Å². The van der Waals surface area contributed by atoms with Gasteiger partial charge in [0.25, 0.3) is 5.56 Å². The molecule has 1 heterocycles. The normalized spacial score (nSPS) is 10.2. The number of benzene rings is 1. The van der Waals surface area contributed by atoms with E-state index in [1.54, 1.807) is 10.9 Å². The molecule has 0 saturated heterocycles. The first-order chi connectivity index (χ1) is 6.27. The van der Waals surface area contributed by atoms with Crippen molar-refractivity contribution in [3.8, 4) is 5.69 Å². The molecule has 4 nitrogen and oxygen atoms in total. The molecule has 0 radical (unpaired) electrons. The summed E-state index contributed by atoms with van der Waals surface area (Å²) < 4.78 is 1.59. The largest absolute Gasteiger partial charge is 0.393 e. The Morgan fingerprint density at radius 2 is 1.92 bits per heavy atom. The number of hydrogen-bond acceptors (Lipinski definition) is 2. The number of nitrogen functional groups attached to an aromatic ring is 1.